The summed E-state index contributed by atoms with van der Waals surface area (Å²) in [4.78, 5) is 0. The maximum absolute atomic E-state index is 5.23. The Labute approximate surface area is 133 Å². The lowest BCUT2D eigenvalue weighted by Gasteiger charge is -2.11. The van der Waals surface area contributed by atoms with E-state index in [1.54, 1.807) is 34.4 Å². The van der Waals surface area contributed by atoms with Crippen molar-refractivity contribution in [1.29, 1.82) is 0 Å². The van der Waals surface area contributed by atoms with E-state index in [-0.39, 0.29) is 0 Å². The average molecular weight is 343 g/mol. The molecule has 2 aromatic rings. The van der Waals surface area contributed by atoms with Gasteiger partial charge in [-0.05, 0) is 17.5 Å². The molecule has 1 aromatic carbocycles. The van der Waals surface area contributed by atoms with E-state index < -0.39 is 0 Å². The van der Waals surface area contributed by atoms with Gasteiger partial charge in [-0.1, -0.05) is 42.2 Å². The molecule has 0 spiro atoms. The lowest BCUT2D eigenvalue weighted by molar-refractivity contribution is 0.972. The molecule has 7 heteroatoms. The number of anilines is 1. The van der Waals surface area contributed by atoms with E-state index >= 15 is 0 Å². The van der Waals surface area contributed by atoms with Gasteiger partial charge in [0.2, 0.25) is 0 Å². The number of hydrogen-bond donors (Lipinski definition) is 2. The SMILES string of the molecule is S=c1sc2c(s1)SCC(NNc1ccccc1)=CS2. The van der Waals surface area contributed by atoms with E-state index in [0.717, 1.165) is 14.6 Å². The van der Waals surface area contributed by atoms with Gasteiger partial charge in [-0.15, -0.1) is 34.4 Å². The van der Waals surface area contributed by atoms with Crippen molar-refractivity contribution in [2.24, 2.45) is 0 Å². The van der Waals surface area contributed by atoms with Crippen LogP contribution in [-0.4, -0.2) is 5.75 Å². The summed E-state index contributed by atoms with van der Waals surface area (Å²) in [5.74, 6) is 0.932. The second-order valence-corrected chi connectivity index (χ2v) is 9.30. The zero-order chi connectivity index (χ0) is 13.1. The van der Waals surface area contributed by atoms with Crippen LogP contribution in [0.2, 0.25) is 0 Å². The third-order valence-corrected chi connectivity index (χ3v) is 7.84. The van der Waals surface area contributed by atoms with Gasteiger partial charge in [-0.3, -0.25) is 0 Å². The molecule has 0 bridgehead atoms. The Morgan fingerprint density at radius 1 is 1.00 bits per heavy atom. The van der Waals surface area contributed by atoms with Crippen molar-refractivity contribution in [2.75, 3.05) is 11.2 Å². The number of rotatable bonds is 3. The summed E-state index contributed by atoms with van der Waals surface area (Å²) in [5, 5.41) is 2.16. The summed E-state index contributed by atoms with van der Waals surface area (Å²) in [7, 11) is 0. The van der Waals surface area contributed by atoms with Crippen molar-refractivity contribution in [2.45, 2.75) is 8.42 Å². The second-order valence-electron chi connectivity index (χ2n) is 3.69. The summed E-state index contributed by atoms with van der Waals surface area (Å²) < 4.78 is 3.67. The van der Waals surface area contributed by atoms with Gasteiger partial charge in [0, 0.05) is 11.4 Å². The zero-order valence-corrected chi connectivity index (χ0v) is 13.8. The third-order valence-electron chi connectivity index (χ3n) is 2.33. The van der Waals surface area contributed by atoms with Crippen LogP contribution in [0.1, 0.15) is 0 Å². The summed E-state index contributed by atoms with van der Waals surface area (Å²) in [6, 6.07) is 10.1. The minimum absolute atomic E-state index is 0.932. The highest BCUT2D eigenvalue weighted by Gasteiger charge is 2.13. The number of hydrazine groups is 1. The highest BCUT2D eigenvalue weighted by atomic mass is 32.2. The second kappa shape index (κ2) is 6.32. The highest BCUT2D eigenvalue weighted by Crippen LogP contribution is 2.43. The molecule has 0 fully saturated rings. The van der Waals surface area contributed by atoms with Crippen molar-refractivity contribution in [3.8, 4) is 0 Å². The minimum Gasteiger partial charge on any atom is -0.304 e. The molecule has 3 rings (SSSR count). The van der Waals surface area contributed by atoms with Gasteiger partial charge in [0.15, 0.2) is 0 Å². The lowest BCUT2D eigenvalue weighted by Crippen LogP contribution is -2.21. The molecule has 2 heterocycles. The summed E-state index contributed by atoms with van der Waals surface area (Å²) in [5.41, 5.74) is 8.73. The van der Waals surface area contributed by atoms with E-state index in [1.165, 1.54) is 14.1 Å². The summed E-state index contributed by atoms with van der Waals surface area (Å²) in [6.07, 6.45) is 0. The van der Waals surface area contributed by atoms with Crippen LogP contribution in [0.15, 0.2) is 49.9 Å². The van der Waals surface area contributed by atoms with Gasteiger partial charge in [-0.2, -0.15) is 0 Å². The Bertz CT molecular complexity index is 644. The first-order valence-corrected chi connectivity index (χ1v) is 9.41. The number of nitrogens with one attached hydrogen (secondary N) is 2. The third kappa shape index (κ3) is 3.55. The standard InChI is InChI=1S/C12H10N2S5/c15-12-18-10-11(19-12)17-7-9(6-16-10)14-13-8-4-2-1-3-5-8/h1-6,13-14H,7H2. The number of benzene rings is 1. The van der Waals surface area contributed by atoms with Gasteiger partial charge < -0.3 is 10.9 Å². The van der Waals surface area contributed by atoms with Crippen LogP contribution < -0.4 is 10.9 Å². The highest BCUT2D eigenvalue weighted by molar-refractivity contribution is 8.07. The molecule has 0 amide bonds. The topological polar surface area (TPSA) is 24.1 Å². The van der Waals surface area contributed by atoms with E-state index in [0.29, 0.717) is 0 Å². The number of hydrogen-bond acceptors (Lipinski definition) is 7. The van der Waals surface area contributed by atoms with Crippen molar-refractivity contribution in [3.05, 3.63) is 44.6 Å². The largest absolute Gasteiger partial charge is 0.304 e. The van der Waals surface area contributed by atoms with Crippen molar-refractivity contribution < 1.29 is 0 Å². The monoisotopic (exact) mass is 342 g/mol. The van der Waals surface area contributed by atoms with Crippen molar-refractivity contribution >= 4 is 64.1 Å². The van der Waals surface area contributed by atoms with Crippen LogP contribution in [0, 0.1) is 3.14 Å². The van der Waals surface area contributed by atoms with Crippen LogP contribution in [-0.2, 0) is 0 Å². The smallest absolute Gasteiger partial charge is 0.145 e. The molecule has 19 heavy (non-hydrogen) atoms. The molecular formula is C12H10N2S5. The fraction of sp³-hybridized carbons (Fsp3) is 0.0833. The van der Waals surface area contributed by atoms with Crippen LogP contribution in [0.5, 0.6) is 0 Å². The first kappa shape index (κ1) is 13.5. The molecule has 0 aliphatic carbocycles. The number of thioether (sulfide) groups is 2. The molecule has 1 aliphatic heterocycles. The quantitative estimate of drug-likeness (QED) is 0.590. The molecule has 0 radical (unpaired) electrons. The van der Waals surface area contributed by atoms with Gasteiger partial charge in [0.05, 0.1) is 14.1 Å². The van der Waals surface area contributed by atoms with Gasteiger partial charge in [0.1, 0.15) is 3.14 Å². The Kier molecular flexibility index (Phi) is 4.49. The summed E-state index contributed by atoms with van der Waals surface area (Å²) in [6.45, 7) is 0. The first-order chi connectivity index (χ1) is 9.31. The minimum atomic E-state index is 0.932. The first-order valence-electron chi connectivity index (χ1n) is 5.51. The number of para-hydroxylation sites is 1. The summed E-state index contributed by atoms with van der Waals surface area (Å²) >= 11 is 12.2. The van der Waals surface area contributed by atoms with Crippen LogP contribution >= 0.6 is 58.4 Å². The Balaban J connectivity index is 1.64. The molecular weight excluding hydrogens is 332 g/mol. The van der Waals surface area contributed by atoms with Crippen LogP contribution in [0.3, 0.4) is 0 Å². The van der Waals surface area contributed by atoms with Crippen molar-refractivity contribution in [1.82, 2.24) is 5.43 Å². The predicted molar refractivity (Wildman–Crippen MR) is 90.9 cm³/mol. The maximum Gasteiger partial charge on any atom is 0.145 e. The van der Waals surface area contributed by atoms with Crippen LogP contribution in [0.25, 0.3) is 0 Å². The fourth-order valence-electron chi connectivity index (χ4n) is 1.46. The average Bonchev–Trinajstić information content (AvgIpc) is 2.69. The normalized spacial score (nSPS) is 14.2. The van der Waals surface area contributed by atoms with E-state index in [9.17, 15) is 0 Å². The lowest BCUT2D eigenvalue weighted by atomic mass is 10.3. The number of fused-ring (bicyclic) bond motifs is 1. The molecule has 0 unspecified atom stereocenters. The maximum atomic E-state index is 5.23. The molecule has 1 aliphatic rings. The van der Waals surface area contributed by atoms with Gasteiger partial charge in [0.25, 0.3) is 0 Å². The Hall–Kier alpha value is -0.470. The van der Waals surface area contributed by atoms with Gasteiger partial charge >= 0.3 is 0 Å². The van der Waals surface area contributed by atoms with Crippen LogP contribution in [0.4, 0.5) is 5.69 Å². The molecule has 1 aromatic heterocycles. The molecule has 2 N–H and O–H groups in total. The fourth-order valence-corrected chi connectivity index (χ4v) is 7.27. The Morgan fingerprint density at radius 3 is 2.63 bits per heavy atom. The van der Waals surface area contributed by atoms with E-state index in [1.807, 2.05) is 42.1 Å². The van der Waals surface area contributed by atoms with Gasteiger partial charge in [-0.25, -0.2) is 0 Å². The Morgan fingerprint density at radius 2 is 1.79 bits per heavy atom. The molecule has 2 nitrogen and oxygen atoms in total. The van der Waals surface area contributed by atoms with Crippen molar-refractivity contribution in [3.63, 3.8) is 0 Å². The van der Waals surface area contributed by atoms with E-state index in [4.69, 9.17) is 12.2 Å². The zero-order valence-electron chi connectivity index (χ0n) is 9.71. The molecule has 98 valence electrons. The van der Waals surface area contributed by atoms with E-state index in [2.05, 4.69) is 16.3 Å². The molecule has 0 saturated carbocycles. The molecule has 0 saturated heterocycles. The molecule has 0 atom stereocenters. The predicted octanol–water partition coefficient (Wildman–Crippen LogP) is 5.19.